The molecule has 2 aromatic rings. The predicted molar refractivity (Wildman–Crippen MR) is 100 cm³/mol. The summed E-state index contributed by atoms with van der Waals surface area (Å²) < 4.78 is 11.7. The van der Waals surface area contributed by atoms with Gasteiger partial charge in [0.25, 0.3) is 0 Å². The molecule has 0 unspecified atom stereocenters. The van der Waals surface area contributed by atoms with Crippen LogP contribution in [0.4, 0.5) is 4.79 Å². The molecule has 1 aliphatic rings. The van der Waals surface area contributed by atoms with E-state index >= 15 is 0 Å². The Hall–Kier alpha value is -1.95. The monoisotopic (exact) mass is 395 g/mol. The summed E-state index contributed by atoms with van der Waals surface area (Å²) in [5.41, 5.74) is 0.905. The molecule has 0 spiro atoms. The molecule has 0 radical (unpaired) electrons. The third-order valence-electron chi connectivity index (χ3n) is 4.18. The van der Waals surface area contributed by atoms with Crippen LogP contribution in [0.2, 0.25) is 10.0 Å². The summed E-state index contributed by atoms with van der Waals surface area (Å²) in [6.07, 6.45) is 0.564. The molecular formula is C19H19Cl2NO4. The maximum Gasteiger partial charge on any atom is 0.407 e. The zero-order valence-electron chi connectivity index (χ0n) is 14.0. The van der Waals surface area contributed by atoms with Gasteiger partial charge in [-0.25, -0.2) is 4.79 Å². The third-order valence-corrected chi connectivity index (χ3v) is 4.65. The Kier molecular flexibility index (Phi) is 6.25. The van der Waals surface area contributed by atoms with E-state index in [2.05, 4.69) is 0 Å². The van der Waals surface area contributed by atoms with Crippen LogP contribution in [0.3, 0.4) is 0 Å². The highest BCUT2D eigenvalue weighted by molar-refractivity contribution is 6.31. The van der Waals surface area contributed by atoms with Crippen LogP contribution in [0.5, 0.6) is 11.5 Å². The van der Waals surface area contributed by atoms with Crippen molar-refractivity contribution in [1.82, 2.24) is 4.90 Å². The van der Waals surface area contributed by atoms with Crippen molar-refractivity contribution in [2.45, 2.75) is 25.6 Å². The lowest BCUT2D eigenvalue weighted by molar-refractivity contribution is 0.000322. The van der Waals surface area contributed by atoms with Crippen LogP contribution in [0.15, 0.2) is 42.5 Å². The fraction of sp³-hybridized carbons (Fsp3) is 0.316. The molecule has 7 heteroatoms. The number of halogens is 2. The zero-order valence-corrected chi connectivity index (χ0v) is 15.5. The Morgan fingerprint density at radius 2 is 1.73 bits per heavy atom. The van der Waals surface area contributed by atoms with Crippen LogP contribution >= 0.6 is 23.2 Å². The van der Waals surface area contributed by atoms with E-state index in [1.165, 1.54) is 4.90 Å². The number of carboxylic acid groups (broad SMARTS) is 1. The van der Waals surface area contributed by atoms with Gasteiger partial charge >= 0.3 is 6.09 Å². The van der Waals surface area contributed by atoms with Gasteiger partial charge in [0, 0.05) is 23.1 Å². The quantitative estimate of drug-likeness (QED) is 0.731. The maximum absolute atomic E-state index is 10.9. The van der Waals surface area contributed by atoms with Gasteiger partial charge in [0.2, 0.25) is 0 Å². The molecule has 1 heterocycles. The molecule has 26 heavy (non-hydrogen) atoms. The number of rotatable bonds is 5. The minimum atomic E-state index is -0.873. The number of likely N-dealkylation sites (tertiary alicyclic amines) is 1. The zero-order chi connectivity index (χ0) is 18.5. The Morgan fingerprint density at radius 1 is 1.04 bits per heavy atom. The number of amides is 1. The lowest BCUT2D eigenvalue weighted by Crippen LogP contribution is -2.40. The Bertz CT molecular complexity index is 759. The first kappa shape index (κ1) is 18.8. The van der Waals surface area contributed by atoms with E-state index < -0.39 is 6.09 Å². The van der Waals surface area contributed by atoms with Gasteiger partial charge < -0.3 is 19.5 Å². The normalized spacial score (nSPS) is 15.1. The molecule has 0 aromatic heterocycles. The van der Waals surface area contributed by atoms with Gasteiger partial charge in [-0.2, -0.15) is 0 Å². The predicted octanol–water partition coefficient (Wildman–Crippen LogP) is 5.44. The van der Waals surface area contributed by atoms with Gasteiger partial charge in [0.15, 0.2) is 0 Å². The van der Waals surface area contributed by atoms with Gasteiger partial charge in [0.1, 0.15) is 11.5 Å². The molecule has 0 aliphatic carbocycles. The van der Waals surface area contributed by atoms with Crippen LogP contribution in [0.25, 0.3) is 0 Å². The number of hydrogen-bond acceptors (Lipinski definition) is 3. The second kappa shape index (κ2) is 8.62. The molecule has 1 fully saturated rings. The largest absolute Gasteiger partial charge is 0.465 e. The van der Waals surface area contributed by atoms with Gasteiger partial charge in [-0.15, -0.1) is 0 Å². The van der Waals surface area contributed by atoms with Crippen LogP contribution in [-0.4, -0.2) is 35.3 Å². The van der Waals surface area contributed by atoms with Crippen molar-refractivity contribution in [2.75, 3.05) is 13.1 Å². The molecule has 1 amide bonds. The van der Waals surface area contributed by atoms with Crippen molar-refractivity contribution in [3.8, 4) is 11.5 Å². The van der Waals surface area contributed by atoms with Crippen molar-refractivity contribution >= 4 is 29.3 Å². The molecule has 0 atom stereocenters. The number of nitrogens with zero attached hydrogens (tertiary/aromatic N) is 1. The molecule has 0 bridgehead atoms. The molecule has 2 aromatic carbocycles. The summed E-state index contributed by atoms with van der Waals surface area (Å²) in [6.45, 7) is 1.40. The fourth-order valence-electron chi connectivity index (χ4n) is 2.83. The smallest absolute Gasteiger partial charge is 0.407 e. The van der Waals surface area contributed by atoms with Gasteiger partial charge in [0.05, 0.1) is 12.7 Å². The highest BCUT2D eigenvalue weighted by Crippen LogP contribution is 2.28. The third kappa shape index (κ3) is 5.27. The highest BCUT2D eigenvalue weighted by atomic mass is 35.5. The lowest BCUT2D eigenvalue weighted by atomic mass is 10.1. The molecule has 1 aliphatic heterocycles. The van der Waals surface area contributed by atoms with Crippen LogP contribution in [0.1, 0.15) is 18.4 Å². The second-order valence-electron chi connectivity index (χ2n) is 6.13. The molecule has 1 N–H and O–H groups in total. The van der Waals surface area contributed by atoms with Crippen molar-refractivity contribution in [2.24, 2.45) is 0 Å². The first-order valence-electron chi connectivity index (χ1n) is 8.32. The standard InChI is InChI=1S/C19H19Cl2NO4/c20-14-1-3-17(4-2-14)26-18-10-13(9-15(21)11-18)12-25-16-5-7-22(8-6-16)19(23)24/h1-4,9-11,16H,5-8,12H2,(H,23,24). The average Bonchev–Trinajstić information content (AvgIpc) is 2.62. The fourth-order valence-corrected chi connectivity index (χ4v) is 3.20. The molecule has 1 saturated heterocycles. The first-order chi connectivity index (χ1) is 12.5. The topological polar surface area (TPSA) is 59.0 Å². The minimum Gasteiger partial charge on any atom is -0.465 e. The summed E-state index contributed by atoms with van der Waals surface area (Å²) in [4.78, 5) is 12.3. The van der Waals surface area contributed by atoms with E-state index in [4.69, 9.17) is 37.8 Å². The molecule has 138 valence electrons. The van der Waals surface area contributed by atoms with E-state index in [1.807, 2.05) is 12.1 Å². The Labute approximate surface area is 162 Å². The molecule has 0 saturated carbocycles. The van der Waals surface area contributed by atoms with E-state index in [9.17, 15) is 4.79 Å². The number of hydrogen-bond donors (Lipinski definition) is 1. The van der Waals surface area contributed by atoms with Crippen molar-refractivity contribution in [3.63, 3.8) is 0 Å². The van der Waals surface area contributed by atoms with E-state index in [0.29, 0.717) is 54.1 Å². The minimum absolute atomic E-state index is 0.0465. The summed E-state index contributed by atoms with van der Waals surface area (Å²) in [5, 5.41) is 10.2. The SMILES string of the molecule is O=C(O)N1CCC(OCc2cc(Cl)cc(Oc3ccc(Cl)cc3)c2)CC1. The summed E-state index contributed by atoms with van der Waals surface area (Å²) >= 11 is 12.1. The van der Waals surface area contributed by atoms with E-state index in [-0.39, 0.29) is 6.10 Å². The maximum atomic E-state index is 10.9. The van der Waals surface area contributed by atoms with Crippen LogP contribution < -0.4 is 4.74 Å². The molecular weight excluding hydrogens is 377 g/mol. The summed E-state index contributed by atoms with van der Waals surface area (Å²) in [6, 6.07) is 12.6. The second-order valence-corrected chi connectivity index (χ2v) is 7.00. The molecule has 3 rings (SSSR count). The van der Waals surface area contributed by atoms with Gasteiger partial charge in [-0.05, 0) is 60.9 Å². The van der Waals surface area contributed by atoms with E-state index in [1.54, 1.807) is 30.3 Å². The summed E-state index contributed by atoms with van der Waals surface area (Å²) in [5.74, 6) is 1.30. The van der Waals surface area contributed by atoms with Crippen molar-refractivity contribution < 1.29 is 19.4 Å². The number of benzene rings is 2. The van der Waals surface area contributed by atoms with E-state index in [0.717, 1.165) is 5.56 Å². The average molecular weight is 396 g/mol. The first-order valence-corrected chi connectivity index (χ1v) is 9.07. The highest BCUT2D eigenvalue weighted by Gasteiger charge is 2.22. The van der Waals surface area contributed by atoms with Crippen LogP contribution in [-0.2, 0) is 11.3 Å². The number of carbonyl (C=O) groups is 1. The van der Waals surface area contributed by atoms with Gasteiger partial charge in [-0.3, -0.25) is 0 Å². The Morgan fingerprint density at radius 3 is 2.38 bits per heavy atom. The lowest BCUT2D eigenvalue weighted by Gasteiger charge is -2.29. The number of ether oxygens (including phenoxy) is 2. The van der Waals surface area contributed by atoms with Crippen LogP contribution in [0, 0.1) is 0 Å². The van der Waals surface area contributed by atoms with Gasteiger partial charge in [-0.1, -0.05) is 23.2 Å². The number of piperidine rings is 1. The van der Waals surface area contributed by atoms with Crippen molar-refractivity contribution in [1.29, 1.82) is 0 Å². The summed E-state index contributed by atoms with van der Waals surface area (Å²) in [7, 11) is 0. The Balaban J connectivity index is 1.57. The molecule has 5 nitrogen and oxygen atoms in total. The van der Waals surface area contributed by atoms with Crippen molar-refractivity contribution in [3.05, 3.63) is 58.1 Å².